The Bertz CT molecular complexity index is 354. The van der Waals surface area contributed by atoms with Gasteiger partial charge in [0.2, 0.25) is 0 Å². The van der Waals surface area contributed by atoms with Crippen LogP contribution in [0.2, 0.25) is 0 Å². The predicted molar refractivity (Wildman–Crippen MR) is 69.1 cm³/mol. The molecule has 1 atom stereocenters. The first-order valence-electron chi connectivity index (χ1n) is 5.22. The van der Waals surface area contributed by atoms with E-state index in [0.29, 0.717) is 27.9 Å². The monoisotopic (exact) mass is 305 g/mol. The number of carbonyl (C=O) groups is 1. The van der Waals surface area contributed by atoms with Gasteiger partial charge in [0.05, 0.1) is 5.69 Å². The number of aryl methyl sites for hydroxylation is 1. The number of aromatic nitrogens is 2. The van der Waals surface area contributed by atoms with Crippen LogP contribution in [0.3, 0.4) is 0 Å². The van der Waals surface area contributed by atoms with Crippen LogP contribution in [0.15, 0.2) is 0 Å². The minimum absolute atomic E-state index is 0.0827. The van der Waals surface area contributed by atoms with Gasteiger partial charge in [-0.25, -0.2) is 0 Å². The Labute approximate surface area is 108 Å². The summed E-state index contributed by atoms with van der Waals surface area (Å²) in [6, 6.07) is 0. The van der Waals surface area contributed by atoms with Gasteiger partial charge in [-0.15, -0.1) is 5.10 Å². The number of carbonyl (C=O) groups excluding carboxylic acids is 1. The lowest BCUT2D eigenvalue weighted by Crippen LogP contribution is -2.30. The summed E-state index contributed by atoms with van der Waals surface area (Å²) in [5.74, 6) is 0.536. The molecule has 0 aromatic carbocycles. The van der Waals surface area contributed by atoms with Gasteiger partial charge in [0.15, 0.2) is 0 Å². The Balaban J connectivity index is 2.39. The Morgan fingerprint density at radius 1 is 1.56 bits per heavy atom. The molecule has 0 spiro atoms. The van der Waals surface area contributed by atoms with Crippen molar-refractivity contribution in [1.82, 2.24) is 14.9 Å². The number of rotatable bonds is 5. The molecule has 4 nitrogen and oxygen atoms in total. The highest BCUT2D eigenvalue weighted by molar-refractivity contribution is 9.09. The van der Waals surface area contributed by atoms with Gasteiger partial charge < -0.3 is 5.32 Å². The van der Waals surface area contributed by atoms with E-state index in [2.05, 4.69) is 44.7 Å². The maximum absolute atomic E-state index is 11.7. The van der Waals surface area contributed by atoms with Crippen molar-refractivity contribution < 1.29 is 4.79 Å². The van der Waals surface area contributed by atoms with Gasteiger partial charge in [0.1, 0.15) is 4.88 Å². The molecule has 0 bridgehead atoms. The highest BCUT2D eigenvalue weighted by atomic mass is 79.9. The normalized spacial score (nSPS) is 12.8. The van der Waals surface area contributed by atoms with E-state index in [4.69, 9.17) is 0 Å². The van der Waals surface area contributed by atoms with Crippen LogP contribution in [0.1, 0.15) is 35.6 Å². The van der Waals surface area contributed by atoms with E-state index in [-0.39, 0.29) is 5.91 Å². The third-order valence-corrected chi connectivity index (χ3v) is 3.59. The van der Waals surface area contributed by atoms with Crippen LogP contribution in [0.4, 0.5) is 0 Å². The van der Waals surface area contributed by atoms with E-state index < -0.39 is 0 Å². The first kappa shape index (κ1) is 13.6. The predicted octanol–water partition coefficient (Wildman–Crippen LogP) is 2.39. The molecule has 0 radical (unpaired) electrons. The molecule has 90 valence electrons. The fraction of sp³-hybridized carbons (Fsp3) is 0.700. The zero-order valence-corrected chi connectivity index (χ0v) is 12.1. The maximum Gasteiger partial charge on any atom is 0.264 e. The zero-order valence-electron chi connectivity index (χ0n) is 9.66. The number of amides is 1. The number of hydrogen-bond donors (Lipinski definition) is 1. The van der Waals surface area contributed by atoms with Crippen molar-refractivity contribution in [1.29, 1.82) is 0 Å². The molecule has 1 unspecified atom stereocenters. The summed E-state index contributed by atoms with van der Waals surface area (Å²) in [5.41, 5.74) is 0.692. The Morgan fingerprint density at radius 3 is 2.75 bits per heavy atom. The summed E-state index contributed by atoms with van der Waals surface area (Å²) in [7, 11) is 0. The number of hydrogen-bond acceptors (Lipinski definition) is 4. The zero-order chi connectivity index (χ0) is 12.1. The number of halogens is 1. The summed E-state index contributed by atoms with van der Waals surface area (Å²) in [6.07, 6.45) is 1.04. The van der Waals surface area contributed by atoms with Crippen LogP contribution in [0.5, 0.6) is 0 Å². The Kier molecular flexibility index (Phi) is 5.34. The molecule has 1 rings (SSSR count). The average molecular weight is 306 g/mol. The molecular weight excluding hydrogens is 290 g/mol. The van der Waals surface area contributed by atoms with E-state index in [9.17, 15) is 4.79 Å². The second kappa shape index (κ2) is 6.30. The summed E-state index contributed by atoms with van der Waals surface area (Å²) >= 11 is 4.68. The number of nitrogens with one attached hydrogen (secondary N) is 1. The molecule has 0 fully saturated rings. The molecule has 0 saturated heterocycles. The highest BCUT2D eigenvalue weighted by Gasteiger charge is 2.14. The van der Waals surface area contributed by atoms with Crippen molar-refractivity contribution in [3.63, 3.8) is 0 Å². The van der Waals surface area contributed by atoms with Crippen LogP contribution in [-0.4, -0.2) is 26.9 Å². The lowest BCUT2D eigenvalue weighted by molar-refractivity contribution is 0.0956. The van der Waals surface area contributed by atoms with E-state index in [0.717, 1.165) is 18.0 Å². The lowest BCUT2D eigenvalue weighted by atomic mass is 10.1. The topological polar surface area (TPSA) is 54.9 Å². The second-order valence-electron chi connectivity index (χ2n) is 4.12. The third kappa shape index (κ3) is 4.17. The molecule has 0 aliphatic carbocycles. The van der Waals surface area contributed by atoms with Crippen LogP contribution >= 0.6 is 27.5 Å². The van der Waals surface area contributed by atoms with Gasteiger partial charge in [-0.05, 0) is 30.8 Å². The van der Waals surface area contributed by atoms with Gasteiger partial charge >= 0.3 is 0 Å². The Morgan fingerprint density at radius 2 is 2.25 bits per heavy atom. The summed E-state index contributed by atoms with van der Waals surface area (Å²) in [5, 5.41) is 6.68. The van der Waals surface area contributed by atoms with Gasteiger partial charge in [-0.3, -0.25) is 4.79 Å². The first-order valence-corrected chi connectivity index (χ1v) is 6.90. The molecule has 1 amide bonds. The molecular formula is C10H16BrN3OS. The fourth-order valence-electron chi connectivity index (χ4n) is 1.32. The van der Waals surface area contributed by atoms with Crippen LogP contribution in [-0.2, 0) is 0 Å². The molecule has 1 aromatic rings. The van der Waals surface area contributed by atoms with E-state index in [1.165, 1.54) is 0 Å². The molecule has 0 aliphatic rings. The summed E-state index contributed by atoms with van der Waals surface area (Å²) < 4.78 is 3.74. The van der Waals surface area contributed by atoms with E-state index in [1.807, 2.05) is 0 Å². The number of alkyl halides is 1. The third-order valence-electron chi connectivity index (χ3n) is 2.07. The minimum Gasteiger partial charge on any atom is -0.350 e. The fourth-order valence-corrected chi connectivity index (χ4v) is 2.80. The minimum atomic E-state index is -0.0827. The smallest absolute Gasteiger partial charge is 0.264 e. The molecule has 0 saturated carbocycles. The van der Waals surface area contributed by atoms with Gasteiger partial charge in [0, 0.05) is 11.4 Å². The largest absolute Gasteiger partial charge is 0.350 e. The summed E-state index contributed by atoms with van der Waals surface area (Å²) in [4.78, 5) is 12.6. The average Bonchev–Trinajstić information content (AvgIpc) is 2.60. The second-order valence-corrected chi connectivity index (χ2v) is 6.17. The molecule has 1 N–H and O–H groups in total. The van der Waals surface area contributed by atoms with Gasteiger partial charge in [0.25, 0.3) is 5.91 Å². The van der Waals surface area contributed by atoms with Crippen molar-refractivity contribution in [2.24, 2.45) is 5.92 Å². The highest BCUT2D eigenvalue weighted by Crippen LogP contribution is 2.13. The van der Waals surface area contributed by atoms with Crippen LogP contribution in [0, 0.1) is 12.8 Å². The lowest BCUT2D eigenvalue weighted by Gasteiger charge is -2.12. The Hall–Kier alpha value is -0.490. The first-order chi connectivity index (χ1) is 7.50. The standard InChI is InChI=1S/C10H16BrN3OS/c1-6(2)4-8(11)5-12-10(15)9-7(3)13-14-16-9/h6,8H,4-5H2,1-3H3,(H,12,15). The summed E-state index contributed by atoms with van der Waals surface area (Å²) in [6.45, 7) is 6.74. The van der Waals surface area contributed by atoms with Gasteiger partial charge in [-0.2, -0.15) is 0 Å². The number of nitrogens with zero attached hydrogens (tertiary/aromatic N) is 2. The van der Waals surface area contributed by atoms with Crippen molar-refractivity contribution in [2.75, 3.05) is 6.54 Å². The van der Waals surface area contributed by atoms with Gasteiger partial charge in [-0.1, -0.05) is 34.3 Å². The molecule has 1 aromatic heterocycles. The van der Waals surface area contributed by atoms with E-state index >= 15 is 0 Å². The van der Waals surface area contributed by atoms with Crippen LogP contribution in [0.25, 0.3) is 0 Å². The molecule has 16 heavy (non-hydrogen) atoms. The van der Waals surface area contributed by atoms with Crippen molar-refractivity contribution in [3.05, 3.63) is 10.6 Å². The van der Waals surface area contributed by atoms with Crippen LogP contribution < -0.4 is 5.32 Å². The molecule has 1 heterocycles. The molecule has 0 aliphatic heterocycles. The van der Waals surface area contributed by atoms with E-state index in [1.54, 1.807) is 6.92 Å². The SMILES string of the molecule is Cc1nnsc1C(=O)NCC(Br)CC(C)C. The van der Waals surface area contributed by atoms with Crippen molar-refractivity contribution >= 4 is 33.4 Å². The van der Waals surface area contributed by atoms with Crippen molar-refractivity contribution in [2.45, 2.75) is 32.0 Å². The quantitative estimate of drug-likeness (QED) is 0.850. The maximum atomic E-state index is 11.7. The van der Waals surface area contributed by atoms with Crippen molar-refractivity contribution in [3.8, 4) is 0 Å². The molecule has 6 heteroatoms.